The van der Waals surface area contributed by atoms with Gasteiger partial charge in [-0.05, 0) is 49.4 Å². The smallest absolute Gasteiger partial charge is 0.266 e. The maximum Gasteiger partial charge on any atom is 0.266 e. The Balaban J connectivity index is 1.45. The molecule has 1 N–H and O–H groups in total. The van der Waals surface area contributed by atoms with Gasteiger partial charge in [0, 0.05) is 0 Å². The second-order valence-electron chi connectivity index (χ2n) is 7.64. The molecule has 0 aliphatic carbocycles. The Hall–Kier alpha value is -3.89. The molecule has 1 amide bonds. The topological polar surface area (TPSA) is 95.3 Å². The molecule has 5 rings (SSSR count). The van der Waals surface area contributed by atoms with Crippen LogP contribution in [0.25, 0.3) is 26.8 Å². The fraction of sp³-hybridized carbons (Fsp3) is 0.154. The molecule has 0 saturated carbocycles. The molecule has 2 heterocycles. The summed E-state index contributed by atoms with van der Waals surface area (Å²) >= 11 is 2.55. The van der Waals surface area contributed by atoms with Crippen LogP contribution in [-0.2, 0) is 4.79 Å². The highest BCUT2D eigenvalue weighted by molar-refractivity contribution is 7.99. The number of thiazole rings is 1. The van der Waals surface area contributed by atoms with E-state index in [4.69, 9.17) is 14.5 Å². The maximum absolute atomic E-state index is 13.5. The van der Waals surface area contributed by atoms with Crippen molar-refractivity contribution < 1.29 is 14.3 Å². The standard InChI is InChI=1S/C26H22N4O4S2/c1-3-34-21-11-7-6-10-20(21)30-24(32)17-8-4-5-9-18(17)28-26(30)35-15-23(31)29-25-27-19-13-12-16(33-2)14-22(19)36-25/h4-14H,3,15H2,1-2H3,(H,27,29,31). The lowest BCUT2D eigenvalue weighted by Crippen LogP contribution is -2.23. The first-order chi connectivity index (χ1) is 17.6. The summed E-state index contributed by atoms with van der Waals surface area (Å²) in [5.41, 5.74) is 1.69. The Kier molecular flexibility index (Phi) is 6.88. The fourth-order valence-corrected chi connectivity index (χ4v) is 5.43. The summed E-state index contributed by atoms with van der Waals surface area (Å²) in [6, 6.07) is 20.0. The Morgan fingerprint density at radius 3 is 2.69 bits per heavy atom. The number of aromatic nitrogens is 3. The van der Waals surface area contributed by atoms with Crippen LogP contribution in [0.4, 0.5) is 5.13 Å². The number of carbonyl (C=O) groups is 1. The highest BCUT2D eigenvalue weighted by Gasteiger charge is 2.18. The summed E-state index contributed by atoms with van der Waals surface area (Å²) < 4.78 is 13.4. The Bertz CT molecular complexity index is 1630. The van der Waals surface area contributed by atoms with Crippen molar-refractivity contribution in [1.82, 2.24) is 14.5 Å². The van der Waals surface area contributed by atoms with Gasteiger partial charge in [0.05, 0.1) is 46.3 Å². The number of thioether (sulfide) groups is 1. The van der Waals surface area contributed by atoms with Crippen molar-refractivity contribution >= 4 is 55.3 Å². The molecule has 0 saturated heterocycles. The summed E-state index contributed by atoms with van der Waals surface area (Å²) in [6.45, 7) is 2.34. The number of fused-ring (bicyclic) bond motifs is 2. The summed E-state index contributed by atoms with van der Waals surface area (Å²) in [4.78, 5) is 35.5. The van der Waals surface area contributed by atoms with E-state index in [1.54, 1.807) is 25.3 Å². The molecule has 182 valence electrons. The molecule has 2 aromatic heterocycles. The van der Waals surface area contributed by atoms with Gasteiger partial charge in [-0.1, -0.05) is 47.4 Å². The number of carbonyl (C=O) groups excluding carboxylic acids is 1. The number of methoxy groups -OCH3 is 1. The third-order valence-electron chi connectivity index (χ3n) is 5.33. The second kappa shape index (κ2) is 10.4. The van der Waals surface area contributed by atoms with Crippen molar-refractivity contribution in [2.45, 2.75) is 12.1 Å². The molecule has 0 radical (unpaired) electrons. The van der Waals surface area contributed by atoms with Crippen LogP contribution in [0.2, 0.25) is 0 Å². The summed E-state index contributed by atoms with van der Waals surface area (Å²) in [6.07, 6.45) is 0. The van der Waals surface area contributed by atoms with Crippen LogP contribution in [0.3, 0.4) is 0 Å². The SMILES string of the molecule is CCOc1ccccc1-n1c(SCC(=O)Nc2nc3ccc(OC)cc3s2)nc2ccccc2c1=O. The van der Waals surface area contributed by atoms with E-state index in [1.165, 1.54) is 27.7 Å². The van der Waals surface area contributed by atoms with Gasteiger partial charge in [-0.2, -0.15) is 0 Å². The number of rotatable bonds is 8. The minimum absolute atomic E-state index is 0.0425. The number of para-hydroxylation sites is 3. The molecular formula is C26H22N4O4S2. The fourth-order valence-electron chi connectivity index (χ4n) is 3.71. The van der Waals surface area contributed by atoms with Crippen LogP contribution in [0.1, 0.15) is 6.92 Å². The van der Waals surface area contributed by atoms with Crippen LogP contribution in [0, 0.1) is 0 Å². The lowest BCUT2D eigenvalue weighted by atomic mass is 10.2. The third kappa shape index (κ3) is 4.77. The van der Waals surface area contributed by atoms with Gasteiger partial charge in [0.15, 0.2) is 10.3 Å². The van der Waals surface area contributed by atoms with Crippen LogP contribution in [0.5, 0.6) is 11.5 Å². The van der Waals surface area contributed by atoms with E-state index >= 15 is 0 Å². The second-order valence-corrected chi connectivity index (χ2v) is 9.62. The van der Waals surface area contributed by atoms with Crippen molar-refractivity contribution in [3.63, 3.8) is 0 Å². The first-order valence-electron chi connectivity index (χ1n) is 11.2. The Morgan fingerprint density at radius 2 is 1.86 bits per heavy atom. The molecule has 0 spiro atoms. The van der Waals surface area contributed by atoms with Crippen LogP contribution < -0.4 is 20.3 Å². The van der Waals surface area contributed by atoms with Crippen molar-refractivity contribution in [2.75, 3.05) is 24.8 Å². The van der Waals surface area contributed by atoms with E-state index in [0.29, 0.717) is 39.2 Å². The zero-order valence-electron chi connectivity index (χ0n) is 19.6. The number of nitrogens with one attached hydrogen (secondary N) is 1. The lowest BCUT2D eigenvalue weighted by Gasteiger charge is -2.16. The van der Waals surface area contributed by atoms with Gasteiger partial charge in [-0.3, -0.25) is 14.2 Å². The van der Waals surface area contributed by atoms with E-state index in [1.807, 2.05) is 55.5 Å². The quantitative estimate of drug-likeness (QED) is 0.225. The molecule has 3 aromatic carbocycles. The number of anilines is 1. The molecule has 36 heavy (non-hydrogen) atoms. The summed E-state index contributed by atoms with van der Waals surface area (Å²) in [7, 11) is 1.61. The monoisotopic (exact) mass is 518 g/mol. The van der Waals surface area contributed by atoms with E-state index in [-0.39, 0.29) is 17.2 Å². The van der Waals surface area contributed by atoms with Gasteiger partial charge in [0.2, 0.25) is 5.91 Å². The van der Waals surface area contributed by atoms with Gasteiger partial charge >= 0.3 is 0 Å². The average Bonchev–Trinajstić information content (AvgIpc) is 3.29. The number of nitrogens with zero attached hydrogens (tertiary/aromatic N) is 3. The molecule has 8 nitrogen and oxygen atoms in total. The van der Waals surface area contributed by atoms with Crippen molar-refractivity contribution in [3.05, 3.63) is 77.1 Å². The number of ether oxygens (including phenoxy) is 2. The molecule has 0 aliphatic rings. The number of benzene rings is 3. The van der Waals surface area contributed by atoms with E-state index in [0.717, 1.165) is 16.0 Å². The molecule has 0 atom stereocenters. The van der Waals surface area contributed by atoms with Crippen molar-refractivity contribution in [3.8, 4) is 17.2 Å². The number of amides is 1. The van der Waals surface area contributed by atoms with E-state index in [9.17, 15) is 9.59 Å². The van der Waals surface area contributed by atoms with E-state index in [2.05, 4.69) is 10.3 Å². The third-order valence-corrected chi connectivity index (χ3v) is 7.20. The largest absolute Gasteiger partial charge is 0.497 e. The minimum atomic E-state index is -0.252. The number of hydrogen-bond acceptors (Lipinski definition) is 8. The zero-order chi connectivity index (χ0) is 25.1. The number of hydrogen-bond donors (Lipinski definition) is 1. The van der Waals surface area contributed by atoms with Crippen molar-refractivity contribution in [1.29, 1.82) is 0 Å². The van der Waals surface area contributed by atoms with Gasteiger partial charge < -0.3 is 14.8 Å². The van der Waals surface area contributed by atoms with Gasteiger partial charge in [-0.25, -0.2) is 9.97 Å². The minimum Gasteiger partial charge on any atom is -0.497 e. The molecule has 0 unspecified atom stereocenters. The van der Waals surface area contributed by atoms with Gasteiger partial charge in [0.25, 0.3) is 5.56 Å². The highest BCUT2D eigenvalue weighted by atomic mass is 32.2. The van der Waals surface area contributed by atoms with Crippen LogP contribution in [-0.4, -0.2) is 39.9 Å². The molecule has 0 bridgehead atoms. The first-order valence-corrected chi connectivity index (χ1v) is 13.0. The maximum atomic E-state index is 13.5. The molecule has 5 aromatic rings. The van der Waals surface area contributed by atoms with E-state index < -0.39 is 0 Å². The highest BCUT2D eigenvalue weighted by Crippen LogP contribution is 2.30. The van der Waals surface area contributed by atoms with Crippen LogP contribution in [0.15, 0.2) is 76.7 Å². The Labute approximate surface area is 214 Å². The zero-order valence-corrected chi connectivity index (χ0v) is 21.2. The molecular weight excluding hydrogens is 496 g/mol. The van der Waals surface area contributed by atoms with Gasteiger partial charge in [0.1, 0.15) is 11.5 Å². The molecule has 0 fully saturated rings. The Morgan fingerprint density at radius 1 is 1.06 bits per heavy atom. The lowest BCUT2D eigenvalue weighted by molar-refractivity contribution is -0.113. The average molecular weight is 519 g/mol. The van der Waals surface area contributed by atoms with Crippen LogP contribution >= 0.6 is 23.1 Å². The predicted octanol–water partition coefficient (Wildman–Crippen LogP) is 5.13. The summed E-state index contributed by atoms with van der Waals surface area (Å²) in [5, 5.41) is 4.23. The molecule has 0 aliphatic heterocycles. The molecule has 10 heteroatoms. The summed E-state index contributed by atoms with van der Waals surface area (Å²) in [5.74, 6) is 1.08. The predicted molar refractivity (Wildman–Crippen MR) is 144 cm³/mol. The van der Waals surface area contributed by atoms with Crippen molar-refractivity contribution in [2.24, 2.45) is 0 Å². The van der Waals surface area contributed by atoms with Gasteiger partial charge in [-0.15, -0.1) is 0 Å². The first kappa shape index (κ1) is 23.8. The normalized spacial score (nSPS) is 11.1.